The molecule has 0 aromatic heterocycles. The van der Waals surface area contributed by atoms with Crippen molar-refractivity contribution in [3.63, 3.8) is 0 Å². The van der Waals surface area contributed by atoms with Crippen LogP contribution >= 0.6 is 0 Å². The van der Waals surface area contributed by atoms with Crippen molar-refractivity contribution in [1.29, 1.82) is 0 Å². The lowest BCUT2D eigenvalue weighted by atomic mass is 9.76. The summed E-state index contributed by atoms with van der Waals surface area (Å²) in [6.07, 6.45) is 0. The van der Waals surface area contributed by atoms with Crippen LogP contribution in [0.15, 0.2) is 12.1 Å². The highest BCUT2D eigenvalue weighted by atomic mass is 19.1. The Hall–Kier alpha value is -1.07. The minimum atomic E-state index is -1.81. The van der Waals surface area contributed by atoms with Gasteiger partial charge in [0.1, 0.15) is 11.6 Å². The minimum absolute atomic E-state index is 0.139. The third-order valence-electron chi connectivity index (χ3n) is 1.89. The molecule has 0 aliphatic carbocycles. The van der Waals surface area contributed by atoms with Crippen LogP contribution in [0.5, 0.6) is 5.75 Å². The zero-order valence-corrected chi connectivity index (χ0v) is 7.41. The molecule has 2 N–H and O–H groups in total. The number of benzene rings is 1. The van der Waals surface area contributed by atoms with Crippen molar-refractivity contribution >= 4 is 12.6 Å². The van der Waals surface area contributed by atoms with Gasteiger partial charge in [-0.05, 0) is 24.6 Å². The van der Waals surface area contributed by atoms with Crippen LogP contribution in [0, 0.1) is 12.7 Å². The van der Waals surface area contributed by atoms with Crippen LogP contribution in [0.4, 0.5) is 4.39 Å². The molecule has 1 aromatic carbocycles. The van der Waals surface area contributed by atoms with E-state index in [4.69, 9.17) is 14.8 Å². The van der Waals surface area contributed by atoms with E-state index in [1.807, 2.05) is 0 Å². The molecule has 1 rings (SSSR count). The molecule has 0 unspecified atom stereocenters. The van der Waals surface area contributed by atoms with Gasteiger partial charge in [-0.25, -0.2) is 4.39 Å². The second-order valence-corrected chi connectivity index (χ2v) is 2.66. The molecule has 70 valence electrons. The lowest BCUT2D eigenvalue weighted by molar-refractivity contribution is 0.406. The Labute approximate surface area is 75.9 Å². The third-order valence-corrected chi connectivity index (χ3v) is 1.89. The Balaban J connectivity index is 3.30. The minimum Gasteiger partial charge on any atom is -0.497 e. The maximum absolute atomic E-state index is 13.0. The number of rotatable bonds is 2. The van der Waals surface area contributed by atoms with Gasteiger partial charge in [0.25, 0.3) is 0 Å². The third kappa shape index (κ3) is 1.81. The van der Waals surface area contributed by atoms with Crippen LogP contribution < -0.4 is 10.2 Å². The van der Waals surface area contributed by atoms with E-state index in [9.17, 15) is 4.39 Å². The van der Waals surface area contributed by atoms with E-state index in [-0.39, 0.29) is 5.46 Å². The van der Waals surface area contributed by atoms with E-state index in [0.29, 0.717) is 11.3 Å². The van der Waals surface area contributed by atoms with Gasteiger partial charge in [0.05, 0.1) is 7.11 Å². The van der Waals surface area contributed by atoms with Crippen molar-refractivity contribution in [2.75, 3.05) is 7.11 Å². The highest BCUT2D eigenvalue weighted by Crippen LogP contribution is 2.16. The first-order valence-electron chi connectivity index (χ1n) is 3.77. The van der Waals surface area contributed by atoms with E-state index in [1.165, 1.54) is 13.2 Å². The van der Waals surface area contributed by atoms with Crippen molar-refractivity contribution < 1.29 is 19.2 Å². The van der Waals surface area contributed by atoms with Gasteiger partial charge in [0.2, 0.25) is 0 Å². The Kier molecular flexibility index (Phi) is 2.90. The fraction of sp³-hybridized carbons (Fsp3) is 0.250. The second kappa shape index (κ2) is 3.76. The smallest absolute Gasteiger partial charge is 0.491 e. The summed E-state index contributed by atoms with van der Waals surface area (Å²) in [5, 5.41) is 17.7. The van der Waals surface area contributed by atoms with Gasteiger partial charge >= 0.3 is 7.12 Å². The van der Waals surface area contributed by atoms with Gasteiger partial charge in [-0.3, -0.25) is 0 Å². The fourth-order valence-corrected chi connectivity index (χ4v) is 1.21. The van der Waals surface area contributed by atoms with E-state index < -0.39 is 12.9 Å². The van der Waals surface area contributed by atoms with Crippen LogP contribution in [-0.4, -0.2) is 24.3 Å². The molecule has 0 amide bonds. The molecule has 1 aromatic rings. The molecule has 5 heteroatoms. The standard InChI is InChI=1S/C8H10BFO3/c1-5-7(13-2)4-3-6(10)8(5)9(11)12/h3-4,11-12H,1-2H3. The lowest BCUT2D eigenvalue weighted by Crippen LogP contribution is -2.35. The number of ether oxygens (including phenoxy) is 1. The number of halogens is 1. The monoisotopic (exact) mass is 184 g/mol. The van der Waals surface area contributed by atoms with Crippen LogP contribution in [0.1, 0.15) is 5.56 Å². The summed E-state index contributed by atoms with van der Waals surface area (Å²) in [5.74, 6) is -0.210. The number of hydrogen-bond donors (Lipinski definition) is 2. The Bertz CT molecular complexity index is 315. The van der Waals surface area contributed by atoms with Gasteiger partial charge in [0, 0.05) is 5.46 Å². The molecule has 0 saturated carbocycles. The van der Waals surface area contributed by atoms with Gasteiger partial charge in [-0.2, -0.15) is 0 Å². The summed E-state index contributed by atoms with van der Waals surface area (Å²) in [6, 6.07) is 2.58. The Morgan fingerprint density at radius 2 is 2.00 bits per heavy atom. The predicted octanol–water partition coefficient (Wildman–Crippen LogP) is -0.177. The molecule has 0 atom stereocenters. The van der Waals surface area contributed by atoms with Crippen LogP contribution in [-0.2, 0) is 0 Å². The van der Waals surface area contributed by atoms with E-state index in [2.05, 4.69) is 0 Å². The van der Waals surface area contributed by atoms with Crippen molar-refractivity contribution in [3.05, 3.63) is 23.5 Å². The van der Waals surface area contributed by atoms with Gasteiger partial charge in [-0.1, -0.05) is 0 Å². The first kappa shape index (κ1) is 10.0. The topological polar surface area (TPSA) is 49.7 Å². The zero-order valence-electron chi connectivity index (χ0n) is 7.41. The average Bonchev–Trinajstić information content (AvgIpc) is 2.04. The molecular weight excluding hydrogens is 174 g/mol. The zero-order chi connectivity index (χ0) is 10.0. The fourth-order valence-electron chi connectivity index (χ4n) is 1.21. The van der Waals surface area contributed by atoms with Gasteiger partial charge in [0.15, 0.2) is 0 Å². The van der Waals surface area contributed by atoms with Crippen LogP contribution in [0.2, 0.25) is 0 Å². The summed E-state index contributed by atoms with van der Waals surface area (Å²) in [6.45, 7) is 1.57. The number of methoxy groups -OCH3 is 1. The first-order valence-corrected chi connectivity index (χ1v) is 3.77. The lowest BCUT2D eigenvalue weighted by Gasteiger charge is -2.10. The average molecular weight is 184 g/mol. The van der Waals surface area contributed by atoms with Gasteiger partial charge < -0.3 is 14.8 Å². The van der Waals surface area contributed by atoms with Crippen molar-refractivity contribution in [3.8, 4) is 5.75 Å². The highest BCUT2D eigenvalue weighted by molar-refractivity contribution is 6.59. The maximum Gasteiger partial charge on any atom is 0.491 e. The SMILES string of the molecule is COc1ccc(F)c(B(O)O)c1C. The van der Waals surface area contributed by atoms with Crippen molar-refractivity contribution in [1.82, 2.24) is 0 Å². The molecule has 0 heterocycles. The van der Waals surface area contributed by atoms with Gasteiger partial charge in [-0.15, -0.1) is 0 Å². The normalized spacial score (nSPS) is 9.92. The van der Waals surface area contributed by atoms with Crippen LogP contribution in [0.25, 0.3) is 0 Å². The molecule has 0 radical (unpaired) electrons. The highest BCUT2D eigenvalue weighted by Gasteiger charge is 2.21. The molecule has 0 aliphatic rings. The van der Waals surface area contributed by atoms with E-state index in [1.54, 1.807) is 6.92 Å². The molecular formula is C8H10BFO3. The molecule has 0 spiro atoms. The quantitative estimate of drug-likeness (QED) is 0.627. The number of hydrogen-bond acceptors (Lipinski definition) is 3. The van der Waals surface area contributed by atoms with E-state index >= 15 is 0 Å². The Morgan fingerprint density at radius 3 is 2.46 bits per heavy atom. The van der Waals surface area contributed by atoms with E-state index in [0.717, 1.165) is 6.07 Å². The largest absolute Gasteiger partial charge is 0.497 e. The first-order chi connectivity index (χ1) is 6.07. The predicted molar refractivity (Wildman–Crippen MR) is 47.5 cm³/mol. The molecule has 0 saturated heterocycles. The second-order valence-electron chi connectivity index (χ2n) is 2.66. The molecule has 13 heavy (non-hydrogen) atoms. The summed E-state index contributed by atoms with van der Waals surface area (Å²) >= 11 is 0. The molecule has 3 nitrogen and oxygen atoms in total. The summed E-state index contributed by atoms with van der Waals surface area (Å²) in [5.41, 5.74) is 0.261. The van der Waals surface area contributed by atoms with Crippen molar-refractivity contribution in [2.24, 2.45) is 0 Å². The summed E-state index contributed by atoms with van der Waals surface area (Å²) in [7, 11) is -0.372. The Morgan fingerprint density at radius 1 is 1.38 bits per heavy atom. The summed E-state index contributed by atoms with van der Waals surface area (Å²) < 4.78 is 17.9. The summed E-state index contributed by atoms with van der Waals surface area (Å²) in [4.78, 5) is 0. The molecule has 0 bridgehead atoms. The molecule has 0 aliphatic heterocycles. The molecule has 0 fully saturated rings. The maximum atomic E-state index is 13.0. The van der Waals surface area contributed by atoms with Crippen LogP contribution in [0.3, 0.4) is 0 Å². The van der Waals surface area contributed by atoms with Crippen molar-refractivity contribution in [2.45, 2.75) is 6.92 Å².